The third kappa shape index (κ3) is 3.14. The molecule has 1 saturated carbocycles. The first-order chi connectivity index (χ1) is 11.4. The van der Waals surface area contributed by atoms with Crippen LogP contribution in [0.4, 0.5) is 13.2 Å². The van der Waals surface area contributed by atoms with Gasteiger partial charge in [-0.05, 0) is 37.8 Å². The summed E-state index contributed by atoms with van der Waals surface area (Å²) in [5, 5.41) is 0. The van der Waals surface area contributed by atoms with Gasteiger partial charge in [-0.1, -0.05) is 6.42 Å². The lowest BCUT2D eigenvalue weighted by molar-refractivity contribution is -0.141. The van der Waals surface area contributed by atoms with Crippen molar-refractivity contribution in [2.45, 2.75) is 44.4 Å². The van der Waals surface area contributed by atoms with E-state index in [1.165, 1.54) is 6.07 Å². The molecule has 0 bridgehead atoms. The Morgan fingerprint density at radius 3 is 2.71 bits per heavy atom. The zero-order chi connectivity index (χ0) is 17.4. The van der Waals surface area contributed by atoms with E-state index in [4.69, 9.17) is 4.74 Å². The van der Waals surface area contributed by atoms with Crippen LogP contribution in [-0.4, -0.2) is 42.1 Å². The molecule has 2 atom stereocenters. The van der Waals surface area contributed by atoms with Crippen LogP contribution in [0.1, 0.15) is 48.2 Å². The van der Waals surface area contributed by atoms with Gasteiger partial charge in [-0.2, -0.15) is 13.2 Å². The van der Waals surface area contributed by atoms with Crippen molar-refractivity contribution in [3.63, 3.8) is 0 Å². The van der Waals surface area contributed by atoms with Crippen LogP contribution in [-0.2, 0) is 10.9 Å². The van der Waals surface area contributed by atoms with Crippen molar-refractivity contribution < 1.29 is 22.7 Å². The maximum absolute atomic E-state index is 12.7. The largest absolute Gasteiger partial charge is 0.433 e. The van der Waals surface area contributed by atoms with Crippen LogP contribution in [0.25, 0.3) is 0 Å². The van der Waals surface area contributed by atoms with E-state index >= 15 is 0 Å². The maximum atomic E-state index is 12.7. The number of carbonyl (C=O) groups excluding carboxylic acids is 1. The van der Waals surface area contributed by atoms with Crippen molar-refractivity contribution in [3.05, 3.63) is 29.6 Å². The summed E-state index contributed by atoms with van der Waals surface area (Å²) < 4.78 is 43.4. The van der Waals surface area contributed by atoms with E-state index in [0.29, 0.717) is 13.1 Å². The lowest BCUT2D eigenvalue weighted by Crippen LogP contribution is -2.49. The van der Waals surface area contributed by atoms with E-state index in [2.05, 4.69) is 4.98 Å². The Bertz CT molecular complexity index is 603. The number of pyridine rings is 1. The summed E-state index contributed by atoms with van der Waals surface area (Å²) in [5.74, 6) is -0.253. The van der Waals surface area contributed by atoms with Gasteiger partial charge in [0, 0.05) is 31.8 Å². The Balaban J connectivity index is 1.75. The smallest absolute Gasteiger partial charge is 0.381 e. The average Bonchev–Trinajstić information content (AvgIpc) is 2.95. The van der Waals surface area contributed by atoms with E-state index in [-0.39, 0.29) is 23.0 Å². The number of likely N-dealkylation sites (tertiary alicyclic amines) is 1. The fourth-order valence-corrected chi connectivity index (χ4v) is 4.15. The number of methoxy groups -OCH3 is 1. The molecule has 1 saturated heterocycles. The van der Waals surface area contributed by atoms with Gasteiger partial charge in [0.25, 0.3) is 5.91 Å². The number of rotatable bonds is 2. The molecule has 7 heteroatoms. The Hall–Kier alpha value is -1.63. The minimum Gasteiger partial charge on any atom is -0.381 e. The molecule has 24 heavy (non-hydrogen) atoms. The van der Waals surface area contributed by atoms with Gasteiger partial charge in [0.2, 0.25) is 0 Å². The number of carbonyl (C=O) groups is 1. The number of ether oxygens (including phenoxy) is 1. The predicted molar refractivity (Wildman–Crippen MR) is 81.5 cm³/mol. The molecule has 4 nitrogen and oxygen atoms in total. The molecule has 1 aromatic heterocycles. The Morgan fingerprint density at radius 2 is 2.08 bits per heavy atom. The van der Waals surface area contributed by atoms with E-state index in [1.807, 2.05) is 0 Å². The minimum atomic E-state index is -4.49. The van der Waals surface area contributed by atoms with E-state index < -0.39 is 11.9 Å². The molecule has 2 heterocycles. The molecule has 0 radical (unpaired) electrons. The number of halogens is 3. The number of amides is 1. The molecular weight excluding hydrogens is 321 g/mol. The van der Waals surface area contributed by atoms with E-state index in [0.717, 1.165) is 44.4 Å². The van der Waals surface area contributed by atoms with Crippen LogP contribution in [0.15, 0.2) is 18.3 Å². The molecule has 1 amide bonds. The van der Waals surface area contributed by atoms with E-state index in [1.54, 1.807) is 12.0 Å². The first-order valence-electron chi connectivity index (χ1n) is 8.21. The normalized spacial score (nSPS) is 27.7. The van der Waals surface area contributed by atoms with Gasteiger partial charge < -0.3 is 9.64 Å². The number of nitrogens with zero attached hydrogens (tertiary/aromatic N) is 2. The highest BCUT2D eigenvalue weighted by molar-refractivity contribution is 5.94. The van der Waals surface area contributed by atoms with Crippen LogP contribution < -0.4 is 0 Å². The molecule has 1 aliphatic heterocycles. The van der Waals surface area contributed by atoms with Crippen molar-refractivity contribution in [1.29, 1.82) is 0 Å². The monoisotopic (exact) mass is 342 g/mol. The van der Waals surface area contributed by atoms with Crippen LogP contribution in [0.2, 0.25) is 0 Å². The third-order valence-corrected chi connectivity index (χ3v) is 5.31. The van der Waals surface area contributed by atoms with Crippen LogP contribution in [0.5, 0.6) is 0 Å². The molecule has 0 aromatic carbocycles. The summed E-state index contributed by atoms with van der Waals surface area (Å²) in [4.78, 5) is 17.8. The summed E-state index contributed by atoms with van der Waals surface area (Å²) in [6.07, 6.45) is 1.71. The summed E-state index contributed by atoms with van der Waals surface area (Å²) in [6.45, 7) is 1.23. The fourth-order valence-electron chi connectivity index (χ4n) is 4.15. The second kappa shape index (κ2) is 6.35. The summed E-state index contributed by atoms with van der Waals surface area (Å²) in [6, 6.07) is 2.07. The summed E-state index contributed by atoms with van der Waals surface area (Å²) >= 11 is 0. The van der Waals surface area contributed by atoms with Crippen molar-refractivity contribution >= 4 is 5.91 Å². The molecule has 2 aliphatic rings. The second-order valence-electron chi connectivity index (χ2n) is 6.74. The van der Waals surface area contributed by atoms with Gasteiger partial charge in [0.15, 0.2) is 0 Å². The van der Waals surface area contributed by atoms with Crippen LogP contribution in [0.3, 0.4) is 0 Å². The van der Waals surface area contributed by atoms with Crippen LogP contribution in [0, 0.1) is 5.41 Å². The Morgan fingerprint density at radius 1 is 1.33 bits per heavy atom. The van der Waals surface area contributed by atoms with Gasteiger partial charge in [-0.25, -0.2) is 0 Å². The van der Waals surface area contributed by atoms with Gasteiger partial charge in [-0.3, -0.25) is 9.78 Å². The zero-order valence-electron chi connectivity index (χ0n) is 13.6. The van der Waals surface area contributed by atoms with Gasteiger partial charge >= 0.3 is 6.18 Å². The SMILES string of the molecule is CO[C@@H]1CCC[C@]12CCCN(C(=O)c1ccc(C(F)(F)F)nc1)C2. The van der Waals surface area contributed by atoms with Crippen LogP contribution >= 0.6 is 0 Å². The molecule has 1 aliphatic carbocycles. The van der Waals surface area contributed by atoms with Crippen molar-refractivity contribution in [2.24, 2.45) is 5.41 Å². The van der Waals surface area contributed by atoms with Crippen molar-refractivity contribution in [2.75, 3.05) is 20.2 Å². The first-order valence-corrected chi connectivity index (χ1v) is 8.21. The molecule has 1 spiro atoms. The van der Waals surface area contributed by atoms with Gasteiger partial charge in [0.05, 0.1) is 11.7 Å². The lowest BCUT2D eigenvalue weighted by atomic mass is 9.76. The standard InChI is InChI=1S/C17H21F3N2O2/c1-24-14-4-2-7-16(14)8-3-9-22(11-16)15(23)12-5-6-13(21-10-12)17(18,19)20/h5-6,10,14H,2-4,7-9,11H2,1H3/t14-,16-/m1/s1. The number of piperidine rings is 1. The quantitative estimate of drug-likeness (QED) is 0.826. The number of hydrogen-bond donors (Lipinski definition) is 0. The second-order valence-corrected chi connectivity index (χ2v) is 6.74. The molecule has 132 valence electrons. The molecule has 3 rings (SSSR count). The zero-order valence-corrected chi connectivity index (χ0v) is 13.6. The van der Waals surface area contributed by atoms with E-state index in [9.17, 15) is 18.0 Å². The average molecular weight is 342 g/mol. The number of alkyl halides is 3. The minimum absolute atomic E-state index is 0.0119. The highest BCUT2D eigenvalue weighted by Gasteiger charge is 2.46. The third-order valence-electron chi connectivity index (χ3n) is 5.31. The highest BCUT2D eigenvalue weighted by Crippen LogP contribution is 2.46. The number of hydrogen-bond acceptors (Lipinski definition) is 3. The molecule has 0 N–H and O–H groups in total. The van der Waals surface area contributed by atoms with Gasteiger partial charge in [-0.15, -0.1) is 0 Å². The number of aromatic nitrogens is 1. The molecule has 0 unspecified atom stereocenters. The first kappa shape index (κ1) is 17.2. The molecule has 2 fully saturated rings. The summed E-state index contributed by atoms with van der Waals surface area (Å²) in [5.41, 5.74) is -0.793. The van der Waals surface area contributed by atoms with Gasteiger partial charge in [0.1, 0.15) is 5.69 Å². The Labute approximate surface area is 139 Å². The molecule has 1 aromatic rings. The Kier molecular flexibility index (Phi) is 4.55. The van der Waals surface area contributed by atoms with Crippen molar-refractivity contribution in [3.8, 4) is 0 Å². The van der Waals surface area contributed by atoms with Crippen molar-refractivity contribution in [1.82, 2.24) is 9.88 Å². The fraction of sp³-hybridized carbons (Fsp3) is 0.647. The summed E-state index contributed by atoms with van der Waals surface area (Å²) in [7, 11) is 1.71. The predicted octanol–water partition coefficient (Wildman–Crippen LogP) is 3.52. The lowest BCUT2D eigenvalue weighted by Gasteiger charge is -2.43. The highest BCUT2D eigenvalue weighted by atomic mass is 19.4. The maximum Gasteiger partial charge on any atom is 0.433 e. The molecular formula is C17H21F3N2O2. The topological polar surface area (TPSA) is 42.4 Å².